The summed E-state index contributed by atoms with van der Waals surface area (Å²) in [6.45, 7) is 3.80. The van der Waals surface area contributed by atoms with Crippen LogP contribution in [0.5, 0.6) is 0 Å². The fourth-order valence-corrected chi connectivity index (χ4v) is 2.17. The number of rotatable bonds is 2. The Kier molecular flexibility index (Phi) is 3.34. The first-order chi connectivity index (χ1) is 8.47. The topological polar surface area (TPSA) is 50.2 Å². The van der Waals surface area contributed by atoms with Crippen LogP contribution in [0.1, 0.15) is 16.8 Å². The second-order valence-electron chi connectivity index (χ2n) is 4.17. The standard InChI is InChI=1S/C14H12ClNO2/c1-8-5-10(3-4-13(17)18)14-11(6-8)12(15)7-9(2)16-14/h3-7H,1-2H3,(H,17,18)/b4-3+. The third-order valence-corrected chi connectivity index (χ3v) is 2.88. The summed E-state index contributed by atoms with van der Waals surface area (Å²) in [5.41, 5.74) is 3.31. The van der Waals surface area contributed by atoms with Gasteiger partial charge in [-0.3, -0.25) is 4.98 Å². The summed E-state index contributed by atoms with van der Waals surface area (Å²) >= 11 is 6.19. The molecule has 0 radical (unpaired) electrons. The fraction of sp³-hybridized carbons (Fsp3) is 0.143. The lowest BCUT2D eigenvalue weighted by molar-refractivity contribution is -0.131. The predicted molar refractivity (Wildman–Crippen MR) is 72.9 cm³/mol. The van der Waals surface area contributed by atoms with Crippen LogP contribution < -0.4 is 0 Å². The monoisotopic (exact) mass is 261 g/mol. The largest absolute Gasteiger partial charge is 0.478 e. The summed E-state index contributed by atoms with van der Waals surface area (Å²) in [4.78, 5) is 15.0. The summed E-state index contributed by atoms with van der Waals surface area (Å²) in [6, 6.07) is 5.64. The van der Waals surface area contributed by atoms with Gasteiger partial charge in [-0.2, -0.15) is 0 Å². The van der Waals surface area contributed by atoms with Crippen LogP contribution in [-0.2, 0) is 4.79 Å². The van der Waals surface area contributed by atoms with E-state index in [2.05, 4.69) is 4.98 Å². The molecular formula is C14H12ClNO2. The van der Waals surface area contributed by atoms with Gasteiger partial charge in [0, 0.05) is 22.7 Å². The minimum Gasteiger partial charge on any atom is -0.478 e. The van der Waals surface area contributed by atoms with Gasteiger partial charge in [0.05, 0.1) is 10.5 Å². The molecule has 4 heteroatoms. The number of aromatic nitrogens is 1. The van der Waals surface area contributed by atoms with Crippen LogP contribution in [0.4, 0.5) is 0 Å². The zero-order valence-electron chi connectivity index (χ0n) is 10.1. The van der Waals surface area contributed by atoms with Crippen LogP contribution in [0, 0.1) is 13.8 Å². The summed E-state index contributed by atoms with van der Waals surface area (Å²) in [5.74, 6) is -0.983. The molecule has 0 unspecified atom stereocenters. The molecule has 1 aromatic carbocycles. The molecule has 0 aliphatic carbocycles. The molecule has 0 spiro atoms. The van der Waals surface area contributed by atoms with Crippen molar-refractivity contribution in [3.05, 3.63) is 46.1 Å². The molecule has 2 rings (SSSR count). The number of carbonyl (C=O) groups is 1. The lowest BCUT2D eigenvalue weighted by Crippen LogP contribution is -1.91. The third kappa shape index (κ3) is 2.51. The number of aliphatic carboxylic acids is 1. The Morgan fingerprint density at radius 1 is 1.33 bits per heavy atom. The van der Waals surface area contributed by atoms with Crippen LogP contribution in [0.2, 0.25) is 5.02 Å². The van der Waals surface area contributed by atoms with Crippen LogP contribution in [0.25, 0.3) is 17.0 Å². The Morgan fingerprint density at radius 2 is 2.06 bits per heavy atom. The van der Waals surface area contributed by atoms with Crippen molar-refractivity contribution in [1.82, 2.24) is 4.98 Å². The average Bonchev–Trinajstić information content (AvgIpc) is 2.27. The number of halogens is 1. The lowest BCUT2D eigenvalue weighted by atomic mass is 10.0. The Balaban J connectivity index is 2.75. The first kappa shape index (κ1) is 12.6. The van der Waals surface area contributed by atoms with Gasteiger partial charge in [0.1, 0.15) is 0 Å². The van der Waals surface area contributed by atoms with Gasteiger partial charge in [0.25, 0.3) is 0 Å². The van der Waals surface area contributed by atoms with E-state index in [4.69, 9.17) is 16.7 Å². The van der Waals surface area contributed by atoms with Crippen LogP contribution in [0.3, 0.4) is 0 Å². The molecular weight excluding hydrogens is 250 g/mol. The molecule has 2 aromatic rings. The number of aryl methyl sites for hydroxylation is 2. The van der Waals surface area contributed by atoms with E-state index in [0.29, 0.717) is 5.02 Å². The first-order valence-corrected chi connectivity index (χ1v) is 5.83. The number of fused-ring (bicyclic) bond motifs is 1. The van der Waals surface area contributed by atoms with Crippen molar-refractivity contribution >= 4 is 34.5 Å². The highest BCUT2D eigenvalue weighted by molar-refractivity contribution is 6.35. The van der Waals surface area contributed by atoms with Crippen LogP contribution in [-0.4, -0.2) is 16.1 Å². The van der Waals surface area contributed by atoms with Crippen molar-refractivity contribution in [3.63, 3.8) is 0 Å². The second kappa shape index (κ2) is 4.78. The highest BCUT2D eigenvalue weighted by Gasteiger charge is 2.07. The fourth-order valence-electron chi connectivity index (χ4n) is 1.87. The number of benzene rings is 1. The van der Waals surface area contributed by atoms with E-state index < -0.39 is 5.97 Å². The van der Waals surface area contributed by atoms with Gasteiger partial charge in [-0.1, -0.05) is 11.6 Å². The van der Waals surface area contributed by atoms with Crippen molar-refractivity contribution in [2.45, 2.75) is 13.8 Å². The molecule has 0 aliphatic heterocycles. The SMILES string of the molecule is Cc1cc(/C=C/C(=O)O)c2nc(C)cc(Cl)c2c1. The Hall–Kier alpha value is -1.87. The summed E-state index contributed by atoms with van der Waals surface area (Å²) in [5, 5.41) is 10.2. The van der Waals surface area contributed by atoms with E-state index in [1.54, 1.807) is 12.1 Å². The maximum absolute atomic E-state index is 10.6. The van der Waals surface area contributed by atoms with Gasteiger partial charge in [0.2, 0.25) is 0 Å². The highest BCUT2D eigenvalue weighted by Crippen LogP contribution is 2.27. The smallest absolute Gasteiger partial charge is 0.328 e. The van der Waals surface area contributed by atoms with E-state index in [1.807, 2.05) is 26.0 Å². The molecule has 0 saturated heterocycles. The molecule has 0 aliphatic rings. The predicted octanol–water partition coefficient (Wildman–Crippen LogP) is 3.60. The molecule has 0 saturated carbocycles. The van der Waals surface area contributed by atoms with Gasteiger partial charge in [-0.15, -0.1) is 0 Å². The van der Waals surface area contributed by atoms with E-state index in [9.17, 15) is 4.79 Å². The zero-order chi connectivity index (χ0) is 13.3. The van der Waals surface area contributed by atoms with E-state index in [1.165, 1.54) is 0 Å². The van der Waals surface area contributed by atoms with E-state index in [0.717, 1.165) is 33.8 Å². The van der Waals surface area contributed by atoms with E-state index in [-0.39, 0.29) is 0 Å². The van der Waals surface area contributed by atoms with Gasteiger partial charge in [-0.25, -0.2) is 4.79 Å². The molecule has 0 fully saturated rings. The molecule has 1 aromatic heterocycles. The molecule has 1 heterocycles. The zero-order valence-corrected chi connectivity index (χ0v) is 10.8. The lowest BCUT2D eigenvalue weighted by Gasteiger charge is -2.07. The Bertz CT molecular complexity index is 662. The van der Waals surface area contributed by atoms with Crippen LogP contribution >= 0.6 is 11.6 Å². The Labute approximate surface area is 110 Å². The molecule has 3 nitrogen and oxygen atoms in total. The van der Waals surface area contributed by atoms with Crippen molar-refractivity contribution in [2.75, 3.05) is 0 Å². The minimum absolute atomic E-state index is 0.631. The number of nitrogens with zero attached hydrogens (tertiary/aromatic N) is 1. The molecule has 92 valence electrons. The summed E-state index contributed by atoms with van der Waals surface area (Å²) in [6.07, 6.45) is 2.65. The van der Waals surface area contributed by atoms with Crippen molar-refractivity contribution in [2.24, 2.45) is 0 Å². The number of pyridine rings is 1. The number of hydrogen-bond donors (Lipinski definition) is 1. The molecule has 18 heavy (non-hydrogen) atoms. The molecule has 0 atom stereocenters. The summed E-state index contributed by atoms with van der Waals surface area (Å²) in [7, 11) is 0. The number of carboxylic acid groups (broad SMARTS) is 1. The van der Waals surface area contributed by atoms with Gasteiger partial charge in [-0.05, 0) is 43.7 Å². The van der Waals surface area contributed by atoms with Gasteiger partial charge in [0.15, 0.2) is 0 Å². The quantitative estimate of drug-likeness (QED) is 0.841. The first-order valence-electron chi connectivity index (χ1n) is 5.46. The highest BCUT2D eigenvalue weighted by atomic mass is 35.5. The normalized spacial score (nSPS) is 11.3. The second-order valence-corrected chi connectivity index (χ2v) is 4.57. The van der Waals surface area contributed by atoms with Crippen LogP contribution in [0.15, 0.2) is 24.3 Å². The molecule has 1 N–H and O–H groups in total. The minimum atomic E-state index is -0.983. The van der Waals surface area contributed by atoms with Gasteiger partial charge >= 0.3 is 5.97 Å². The maximum Gasteiger partial charge on any atom is 0.328 e. The van der Waals surface area contributed by atoms with Crippen molar-refractivity contribution in [3.8, 4) is 0 Å². The van der Waals surface area contributed by atoms with Gasteiger partial charge < -0.3 is 5.11 Å². The van der Waals surface area contributed by atoms with Crippen molar-refractivity contribution < 1.29 is 9.90 Å². The van der Waals surface area contributed by atoms with Crippen molar-refractivity contribution in [1.29, 1.82) is 0 Å². The Morgan fingerprint density at radius 3 is 2.72 bits per heavy atom. The summed E-state index contributed by atoms with van der Waals surface area (Å²) < 4.78 is 0. The third-order valence-electron chi connectivity index (χ3n) is 2.57. The molecule has 0 amide bonds. The number of carboxylic acids is 1. The number of hydrogen-bond acceptors (Lipinski definition) is 2. The van der Waals surface area contributed by atoms with E-state index >= 15 is 0 Å². The molecule has 0 bridgehead atoms. The maximum atomic E-state index is 10.6. The average molecular weight is 262 g/mol.